The molecule has 0 aliphatic heterocycles. The van der Waals surface area contributed by atoms with E-state index in [4.69, 9.17) is 21.7 Å². The standard InChI is InChI=1S/C18H22N4O3S/c1-12(23)25-15-9-8-13(10-16(15)24-2)11-19-22-17(20-21-18(22)26)14-6-4-3-5-7-14/h8-11,14H,3-7H2,1-2H3,(H,21,26)/b19-11-. The Morgan fingerprint density at radius 1 is 1.35 bits per heavy atom. The summed E-state index contributed by atoms with van der Waals surface area (Å²) in [5.41, 5.74) is 0.801. The lowest BCUT2D eigenvalue weighted by molar-refractivity contribution is -0.132. The smallest absolute Gasteiger partial charge is 0.308 e. The Kier molecular flexibility index (Phi) is 5.82. The van der Waals surface area contributed by atoms with Gasteiger partial charge in [0.1, 0.15) is 0 Å². The van der Waals surface area contributed by atoms with Crippen LogP contribution in [0.3, 0.4) is 0 Å². The molecule has 7 nitrogen and oxygen atoms in total. The van der Waals surface area contributed by atoms with Crippen molar-refractivity contribution < 1.29 is 14.3 Å². The lowest BCUT2D eigenvalue weighted by Gasteiger charge is -2.19. The van der Waals surface area contributed by atoms with E-state index in [1.807, 2.05) is 0 Å². The number of carbonyl (C=O) groups is 1. The molecule has 0 radical (unpaired) electrons. The van der Waals surface area contributed by atoms with Crippen molar-refractivity contribution in [1.82, 2.24) is 14.9 Å². The Hall–Kier alpha value is -2.48. The molecule has 26 heavy (non-hydrogen) atoms. The third-order valence-electron chi connectivity index (χ3n) is 4.41. The summed E-state index contributed by atoms with van der Waals surface area (Å²) < 4.78 is 12.6. The molecule has 1 saturated carbocycles. The zero-order valence-corrected chi connectivity index (χ0v) is 15.7. The minimum absolute atomic E-state index is 0.375. The van der Waals surface area contributed by atoms with Crippen LogP contribution in [0.25, 0.3) is 0 Å². The van der Waals surface area contributed by atoms with E-state index in [9.17, 15) is 4.79 Å². The molecule has 0 amide bonds. The Labute approximate surface area is 157 Å². The zero-order valence-electron chi connectivity index (χ0n) is 14.9. The highest BCUT2D eigenvalue weighted by atomic mass is 32.1. The first-order valence-corrected chi connectivity index (χ1v) is 9.07. The number of nitrogens with zero attached hydrogens (tertiary/aromatic N) is 3. The van der Waals surface area contributed by atoms with Gasteiger partial charge in [-0.05, 0) is 48.8 Å². The van der Waals surface area contributed by atoms with Gasteiger partial charge >= 0.3 is 5.97 Å². The molecule has 0 spiro atoms. The van der Waals surface area contributed by atoms with Crippen LogP contribution >= 0.6 is 12.2 Å². The van der Waals surface area contributed by atoms with Crippen molar-refractivity contribution >= 4 is 24.4 Å². The number of hydrogen-bond donors (Lipinski definition) is 1. The summed E-state index contributed by atoms with van der Waals surface area (Å²) in [5.74, 6) is 1.71. The van der Waals surface area contributed by atoms with Gasteiger partial charge in [-0.1, -0.05) is 19.3 Å². The summed E-state index contributed by atoms with van der Waals surface area (Å²) in [5, 5.41) is 11.7. The number of benzene rings is 1. The van der Waals surface area contributed by atoms with E-state index in [0.717, 1.165) is 24.2 Å². The molecule has 0 saturated heterocycles. The first-order valence-electron chi connectivity index (χ1n) is 8.66. The van der Waals surface area contributed by atoms with Crippen LogP contribution in [-0.2, 0) is 4.79 Å². The predicted molar refractivity (Wildman–Crippen MR) is 101 cm³/mol. The predicted octanol–water partition coefficient (Wildman–Crippen LogP) is 3.80. The molecule has 1 aromatic carbocycles. The highest BCUT2D eigenvalue weighted by Gasteiger charge is 2.21. The molecule has 3 rings (SSSR count). The van der Waals surface area contributed by atoms with Crippen molar-refractivity contribution in [1.29, 1.82) is 0 Å². The third kappa shape index (κ3) is 4.19. The van der Waals surface area contributed by atoms with Crippen molar-refractivity contribution in [2.45, 2.75) is 44.9 Å². The van der Waals surface area contributed by atoms with Gasteiger partial charge in [0.15, 0.2) is 17.3 Å². The third-order valence-corrected chi connectivity index (χ3v) is 4.67. The second-order valence-electron chi connectivity index (χ2n) is 6.28. The molecule has 1 heterocycles. The van der Waals surface area contributed by atoms with Gasteiger partial charge in [-0.2, -0.15) is 14.9 Å². The molecular weight excluding hydrogens is 352 g/mol. The normalized spacial score (nSPS) is 15.3. The minimum Gasteiger partial charge on any atom is -0.493 e. The number of aromatic amines is 1. The van der Waals surface area contributed by atoms with E-state index >= 15 is 0 Å². The zero-order chi connectivity index (χ0) is 18.5. The summed E-state index contributed by atoms with van der Waals surface area (Å²) in [6, 6.07) is 5.23. The minimum atomic E-state index is -0.397. The number of ether oxygens (including phenoxy) is 2. The number of aromatic nitrogens is 3. The van der Waals surface area contributed by atoms with Crippen LogP contribution in [0.2, 0.25) is 0 Å². The molecule has 0 bridgehead atoms. The van der Waals surface area contributed by atoms with Crippen LogP contribution < -0.4 is 9.47 Å². The van der Waals surface area contributed by atoms with Crippen LogP contribution in [-0.4, -0.2) is 34.2 Å². The lowest BCUT2D eigenvalue weighted by Crippen LogP contribution is -2.10. The fraction of sp³-hybridized carbons (Fsp3) is 0.444. The second kappa shape index (κ2) is 8.27. The highest BCUT2D eigenvalue weighted by molar-refractivity contribution is 7.71. The van der Waals surface area contributed by atoms with Crippen molar-refractivity contribution in [3.05, 3.63) is 34.4 Å². The van der Waals surface area contributed by atoms with Crippen LogP contribution in [0.5, 0.6) is 11.5 Å². The van der Waals surface area contributed by atoms with E-state index in [0.29, 0.717) is 22.2 Å². The summed E-state index contributed by atoms with van der Waals surface area (Å²) in [6.07, 6.45) is 7.61. The maximum atomic E-state index is 11.1. The first-order chi connectivity index (χ1) is 12.6. The monoisotopic (exact) mass is 374 g/mol. The van der Waals surface area contributed by atoms with Gasteiger partial charge in [0.05, 0.1) is 13.3 Å². The fourth-order valence-electron chi connectivity index (χ4n) is 3.17. The van der Waals surface area contributed by atoms with E-state index in [1.54, 1.807) is 29.1 Å². The molecule has 1 N–H and O–H groups in total. The second-order valence-corrected chi connectivity index (χ2v) is 6.67. The molecule has 0 unspecified atom stereocenters. The molecule has 0 atom stereocenters. The van der Waals surface area contributed by atoms with Crippen LogP contribution in [0, 0.1) is 4.77 Å². The van der Waals surface area contributed by atoms with E-state index in [1.165, 1.54) is 33.3 Å². The van der Waals surface area contributed by atoms with Crippen molar-refractivity contribution in [2.75, 3.05) is 7.11 Å². The Balaban J connectivity index is 1.85. The number of carbonyl (C=O) groups excluding carboxylic acids is 1. The van der Waals surface area contributed by atoms with Gasteiger partial charge in [-0.25, -0.2) is 0 Å². The Morgan fingerprint density at radius 2 is 2.12 bits per heavy atom. The average Bonchev–Trinajstić information content (AvgIpc) is 3.01. The number of nitrogens with one attached hydrogen (secondary N) is 1. The van der Waals surface area contributed by atoms with Gasteiger partial charge in [0.2, 0.25) is 4.77 Å². The Morgan fingerprint density at radius 3 is 2.81 bits per heavy atom. The lowest BCUT2D eigenvalue weighted by atomic mass is 9.89. The van der Waals surface area contributed by atoms with E-state index < -0.39 is 5.97 Å². The van der Waals surface area contributed by atoms with Crippen molar-refractivity contribution in [3.63, 3.8) is 0 Å². The molecule has 138 valence electrons. The highest BCUT2D eigenvalue weighted by Crippen LogP contribution is 2.31. The maximum absolute atomic E-state index is 11.1. The topological polar surface area (TPSA) is 81.5 Å². The summed E-state index contributed by atoms with van der Waals surface area (Å²) in [4.78, 5) is 11.1. The van der Waals surface area contributed by atoms with Gasteiger partial charge in [0, 0.05) is 12.8 Å². The van der Waals surface area contributed by atoms with Crippen LogP contribution in [0.4, 0.5) is 0 Å². The maximum Gasteiger partial charge on any atom is 0.308 e. The Bertz CT molecular complexity index is 866. The van der Waals surface area contributed by atoms with Gasteiger partial charge in [-0.3, -0.25) is 9.89 Å². The first kappa shape index (κ1) is 18.3. The van der Waals surface area contributed by atoms with Gasteiger partial charge in [0.25, 0.3) is 0 Å². The van der Waals surface area contributed by atoms with Crippen LogP contribution in [0.1, 0.15) is 56.3 Å². The quantitative estimate of drug-likeness (QED) is 0.372. The summed E-state index contributed by atoms with van der Waals surface area (Å²) >= 11 is 5.32. The average molecular weight is 374 g/mol. The fourth-order valence-corrected chi connectivity index (χ4v) is 3.35. The number of rotatable bonds is 5. The number of hydrogen-bond acceptors (Lipinski definition) is 6. The van der Waals surface area contributed by atoms with Crippen molar-refractivity contribution in [3.8, 4) is 11.5 Å². The molecule has 1 aromatic heterocycles. The van der Waals surface area contributed by atoms with Crippen molar-refractivity contribution in [2.24, 2.45) is 5.10 Å². The number of esters is 1. The van der Waals surface area contributed by atoms with Gasteiger partial charge in [-0.15, -0.1) is 0 Å². The number of methoxy groups -OCH3 is 1. The molecule has 1 fully saturated rings. The largest absolute Gasteiger partial charge is 0.493 e. The molecular formula is C18H22N4O3S. The van der Waals surface area contributed by atoms with E-state index in [-0.39, 0.29) is 0 Å². The molecule has 2 aromatic rings. The summed E-state index contributed by atoms with van der Waals surface area (Å²) in [7, 11) is 1.52. The molecule has 1 aliphatic carbocycles. The number of H-pyrrole nitrogens is 1. The molecule has 8 heteroatoms. The summed E-state index contributed by atoms with van der Waals surface area (Å²) in [6.45, 7) is 1.35. The molecule has 1 aliphatic rings. The van der Waals surface area contributed by atoms with Crippen LogP contribution in [0.15, 0.2) is 23.3 Å². The SMILES string of the molecule is COc1cc(/C=N\n2c(C3CCCCC3)n[nH]c2=S)ccc1OC(C)=O. The van der Waals surface area contributed by atoms with E-state index in [2.05, 4.69) is 15.3 Å². The van der Waals surface area contributed by atoms with Gasteiger partial charge < -0.3 is 9.47 Å².